The molecule has 0 saturated heterocycles. The Morgan fingerprint density at radius 1 is 1.50 bits per heavy atom. The summed E-state index contributed by atoms with van der Waals surface area (Å²) in [7, 11) is 0. The summed E-state index contributed by atoms with van der Waals surface area (Å²) in [6.07, 6.45) is -0.00763. The van der Waals surface area contributed by atoms with Crippen molar-refractivity contribution in [1.82, 2.24) is 5.32 Å². The number of benzene rings is 1. The third-order valence-corrected chi connectivity index (χ3v) is 3.40. The van der Waals surface area contributed by atoms with E-state index in [0.717, 1.165) is 0 Å². The van der Waals surface area contributed by atoms with E-state index in [2.05, 4.69) is 5.32 Å². The fraction of sp³-hybridized carbons (Fsp3) is 0.400. The molecule has 118 valence electrons. The van der Waals surface area contributed by atoms with Crippen molar-refractivity contribution in [3.63, 3.8) is 0 Å². The molecule has 4 N–H and O–H groups in total. The molecule has 1 heterocycles. The first-order chi connectivity index (χ1) is 10.3. The van der Waals surface area contributed by atoms with Crippen molar-refractivity contribution in [1.29, 1.82) is 5.41 Å². The molecule has 2 rings (SSSR count). The van der Waals surface area contributed by atoms with Crippen LogP contribution in [0.3, 0.4) is 0 Å². The van der Waals surface area contributed by atoms with Crippen molar-refractivity contribution in [3.05, 3.63) is 23.8 Å². The summed E-state index contributed by atoms with van der Waals surface area (Å²) in [5.41, 5.74) is 6.12. The molecule has 1 aromatic carbocycles. The van der Waals surface area contributed by atoms with Gasteiger partial charge < -0.3 is 15.4 Å². The Balaban J connectivity index is 2.42. The summed E-state index contributed by atoms with van der Waals surface area (Å²) < 4.78 is 5.71. The summed E-state index contributed by atoms with van der Waals surface area (Å²) >= 11 is 0. The molecular formula is C15H20N4O3. The Labute approximate surface area is 128 Å². The standard InChI is InChI=1S/C15H20N4O3/c1-4-11-14(21)19(8(2)3)10-6-5-9(7-12(10)22-11)13(20)18-15(16)17/h5-8,11H,4H2,1-3H3,(H4,16,17,18,20). The normalized spacial score (nSPS) is 17.0. The molecule has 0 spiro atoms. The van der Waals surface area contributed by atoms with Crippen LogP contribution in [0.15, 0.2) is 18.2 Å². The van der Waals surface area contributed by atoms with Crippen LogP contribution in [0.2, 0.25) is 0 Å². The zero-order chi connectivity index (χ0) is 16.4. The molecule has 1 unspecified atom stereocenters. The van der Waals surface area contributed by atoms with Crippen LogP contribution < -0.4 is 20.7 Å². The summed E-state index contributed by atoms with van der Waals surface area (Å²) in [6, 6.07) is 4.81. The molecule has 0 bridgehead atoms. The van der Waals surface area contributed by atoms with Crippen molar-refractivity contribution in [2.75, 3.05) is 4.90 Å². The summed E-state index contributed by atoms with van der Waals surface area (Å²) in [6.45, 7) is 5.73. The van der Waals surface area contributed by atoms with Crippen LogP contribution in [-0.2, 0) is 4.79 Å². The molecule has 22 heavy (non-hydrogen) atoms. The third kappa shape index (κ3) is 2.88. The Morgan fingerprint density at radius 2 is 2.18 bits per heavy atom. The van der Waals surface area contributed by atoms with Gasteiger partial charge in [-0.25, -0.2) is 0 Å². The number of guanidine groups is 1. The van der Waals surface area contributed by atoms with E-state index in [4.69, 9.17) is 15.9 Å². The van der Waals surface area contributed by atoms with Crippen molar-refractivity contribution < 1.29 is 14.3 Å². The van der Waals surface area contributed by atoms with Crippen LogP contribution >= 0.6 is 0 Å². The number of nitrogens with zero attached hydrogens (tertiary/aromatic N) is 1. The molecule has 0 aliphatic carbocycles. The number of rotatable bonds is 3. The predicted molar refractivity (Wildman–Crippen MR) is 83.2 cm³/mol. The van der Waals surface area contributed by atoms with Crippen LogP contribution in [0.25, 0.3) is 0 Å². The molecule has 0 fully saturated rings. The Morgan fingerprint density at radius 3 is 2.73 bits per heavy atom. The zero-order valence-corrected chi connectivity index (χ0v) is 12.8. The summed E-state index contributed by atoms with van der Waals surface area (Å²) in [4.78, 5) is 26.0. The summed E-state index contributed by atoms with van der Waals surface area (Å²) in [5.74, 6) is -0.503. The number of fused-ring (bicyclic) bond motifs is 1. The second kappa shape index (κ2) is 6.05. The van der Waals surface area contributed by atoms with Crippen LogP contribution in [0.1, 0.15) is 37.6 Å². The highest BCUT2D eigenvalue weighted by molar-refractivity contribution is 6.06. The number of ether oxygens (including phenoxy) is 1. The first kappa shape index (κ1) is 15.8. The van der Waals surface area contributed by atoms with Crippen LogP contribution in [0, 0.1) is 5.41 Å². The molecule has 1 aliphatic heterocycles. The molecule has 0 radical (unpaired) electrons. The second-order valence-electron chi connectivity index (χ2n) is 5.37. The number of amides is 2. The lowest BCUT2D eigenvalue weighted by Crippen LogP contribution is -2.49. The minimum Gasteiger partial charge on any atom is -0.478 e. The molecule has 0 aromatic heterocycles. The molecule has 1 atom stereocenters. The summed E-state index contributed by atoms with van der Waals surface area (Å²) in [5, 5.41) is 9.32. The molecule has 2 amide bonds. The van der Waals surface area contributed by atoms with Crippen molar-refractivity contribution in [2.24, 2.45) is 5.73 Å². The van der Waals surface area contributed by atoms with Crippen LogP contribution in [0.4, 0.5) is 5.69 Å². The van der Waals surface area contributed by atoms with Crippen molar-refractivity contribution in [3.8, 4) is 5.75 Å². The van der Waals surface area contributed by atoms with Crippen molar-refractivity contribution >= 4 is 23.5 Å². The molecule has 1 aliphatic rings. The molecular weight excluding hydrogens is 284 g/mol. The maximum absolute atomic E-state index is 12.4. The van der Waals surface area contributed by atoms with Gasteiger partial charge in [0.05, 0.1) is 5.69 Å². The van der Waals surface area contributed by atoms with E-state index in [0.29, 0.717) is 23.4 Å². The fourth-order valence-electron chi connectivity index (χ4n) is 2.41. The molecule has 7 heteroatoms. The van der Waals surface area contributed by atoms with Gasteiger partial charge in [0.25, 0.3) is 11.8 Å². The minimum absolute atomic E-state index is 0.0129. The van der Waals surface area contributed by atoms with Gasteiger partial charge in [-0.2, -0.15) is 0 Å². The van der Waals surface area contributed by atoms with E-state index in [-0.39, 0.29) is 11.9 Å². The van der Waals surface area contributed by atoms with E-state index in [1.807, 2.05) is 20.8 Å². The average molecular weight is 304 g/mol. The van der Waals surface area contributed by atoms with E-state index in [1.54, 1.807) is 23.1 Å². The van der Waals surface area contributed by atoms with Gasteiger partial charge in [0, 0.05) is 11.6 Å². The predicted octanol–water partition coefficient (Wildman–Crippen LogP) is 1.22. The number of carbonyl (C=O) groups excluding carboxylic acids is 2. The van der Waals surface area contributed by atoms with Gasteiger partial charge >= 0.3 is 0 Å². The largest absolute Gasteiger partial charge is 0.478 e. The first-order valence-electron chi connectivity index (χ1n) is 7.14. The van der Waals surface area contributed by atoms with Gasteiger partial charge in [0.2, 0.25) is 0 Å². The third-order valence-electron chi connectivity index (χ3n) is 3.40. The lowest BCUT2D eigenvalue weighted by Gasteiger charge is -2.36. The SMILES string of the molecule is CCC1Oc2cc(C(=O)NC(=N)N)ccc2N(C(C)C)C1=O. The van der Waals surface area contributed by atoms with Gasteiger partial charge in [0.1, 0.15) is 5.75 Å². The van der Waals surface area contributed by atoms with E-state index >= 15 is 0 Å². The number of nitrogens with one attached hydrogen (secondary N) is 2. The topological polar surface area (TPSA) is 109 Å². The number of anilines is 1. The van der Waals surface area contributed by atoms with E-state index in [9.17, 15) is 9.59 Å². The lowest BCUT2D eigenvalue weighted by atomic mass is 10.1. The van der Waals surface area contributed by atoms with E-state index < -0.39 is 18.0 Å². The van der Waals surface area contributed by atoms with E-state index in [1.165, 1.54) is 0 Å². The van der Waals surface area contributed by atoms with Crippen LogP contribution in [-0.4, -0.2) is 29.9 Å². The van der Waals surface area contributed by atoms with Gasteiger partial charge in [0.15, 0.2) is 12.1 Å². The Bertz CT molecular complexity index is 627. The quantitative estimate of drug-likeness (QED) is 0.576. The zero-order valence-electron chi connectivity index (χ0n) is 12.8. The van der Waals surface area contributed by atoms with Crippen molar-refractivity contribution in [2.45, 2.75) is 39.3 Å². The number of hydrogen-bond acceptors (Lipinski definition) is 4. The van der Waals surface area contributed by atoms with Crippen LogP contribution in [0.5, 0.6) is 5.75 Å². The second-order valence-corrected chi connectivity index (χ2v) is 5.37. The minimum atomic E-state index is -0.555. The Kier molecular flexibility index (Phi) is 4.35. The maximum Gasteiger partial charge on any atom is 0.268 e. The lowest BCUT2D eigenvalue weighted by molar-refractivity contribution is -0.126. The van der Waals surface area contributed by atoms with Gasteiger partial charge in [-0.3, -0.25) is 20.3 Å². The maximum atomic E-state index is 12.4. The first-order valence-corrected chi connectivity index (χ1v) is 7.14. The molecule has 1 aromatic rings. The molecule has 0 saturated carbocycles. The van der Waals surface area contributed by atoms with Gasteiger partial charge in [-0.05, 0) is 38.5 Å². The fourth-order valence-corrected chi connectivity index (χ4v) is 2.41. The highest BCUT2D eigenvalue weighted by Gasteiger charge is 2.35. The number of nitrogens with two attached hydrogens (primary N) is 1. The highest BCUT2D eigenvalue weighted by Crippen LogP contribution is 2.36. The monoisotopic (exact) mass is 304 g/mol. The Hall–Kier alpha value is -2.57. The molecule has 7 nitrogen and oxygen atoms in total. The smallest absolute Gasteiger partial charge is 0.268 e. The van der Waals surface area contributed by atoms with Gasteiger partial charge in [-0.1, -0.05) is 6.92 Å². The number of carbonyl (C=O) groups is 2. The highest BCUT2D eigenvalue weighted by atomic mass is 16.5. The van der Waals surface area contributed by atoms with Gasteiger partial charge in [-0.15, -0.1) is 0 Å². The average Bonchev–Trinajstić information content (AvgIpc) is 2.44. The number of hydrogen-bond donors (Lipinski definition) is 3.